The van der Waals surface area contributed by atoms with Crippen molar-refractivity contribution in [2.45, 2.75) is 46.1 Å². The molecule has 0 fully saturated rings. The highest BCUT2D eigenvalue weighted by Gasteiger charge is 2.18. The summed E-state index contributed by atoms with van der Waals surface area (Å²) in [5, 5.41) is 0. The lowest BCUT2D eigenvalue weighted by molar-refractivity contribution is -0.134. The smallest absolute Gasteiger partial charge is 0.226 e. The molecule has 2 N–H and O–H groups in total. The van der Waals surface area contributed by atoms with Crippen molar-refractivity contribution in [3.63, 3.8) is 0 Å². The van der Waals surface area contributed by atoms with Gasteiger partial charge in [0.05, 0.1) is 6.54 Å². The van der Waals surface area contributed by atoms with E-state index in [1.807, 2.05) is 20.8 Å². The van der Waals surface area contributed by atoms with Gasteiger partial charge in [-0.05, 0) is 26.7 Å². The average Bonchev–Trinajstić information content (AvgIpc) is 2.24. The van der Waals surface area contributed by atoms with E-state index in [9.17, 15) is 4.79 Å². The summed E-state index contributed by atoms with van der Waals surface area (Å²) in [7, 11) is 0. The van der Waals surface area contributed by atoms with E-state index < -0.39 is 0 Å². The first-order valence-electron chi connectivity index (χ1n) is 6.00. The molecule has 0 radical (unpaired) electrons. The van der Waals surface area contributed by atoms with E-state index in [2.05, 4.69) is 5.92 Å². The van der Waals surface area contributed by atoms with Crippen LogP contribution in [0.2, 0.25) is 0 Å². The first-order valence-corrected chi connectivity index (χ1v) is 6.00. The molecule has 0 aliphatic carbocycles. The number of amides is 1. The van der Waals surface area contributed by atoms with E-state index in [1.54, 1.807) is 4.90 Å². The summed E-state index contributed by atoms with van der Waals surface area (Å²) in [6.45, 7) is 6.99. The lowest BCUT2D eigenvalue weighted by Crippen LogP contribution is -2.35. The van der Waals surface area contributed by atoms with E-state index in [4.69, 9.17) is 12.2 Å². The van der Waals surface area contributed by atoms with Crippen molar-refractivity contribution < 1.29 is 4.79 Å². The second kappa shape index (κ2) is 8.18. The average molecular weight is 224 g/mol. The Balaban J connectivity index is 4.01. The number of carbonyl (C=O) groups excluding carboxylic acids is 1. The topological polar surface area (TPSA) is 46.3 Å². The molecule has 3 heteroatoms. The number of nitrogens with two attached hydrogens (primary N) is 1. The molecule has 0 aromatic heterocycles. The Morgan fingerprint density at radius 1 is 1.44 bits per heavy atom. The Kier molecular flexibility index (Phi) is 7.66. The van der Waals surface area contributed by atoms with Crippen molar-refractivity contribution in [3.8, 4) is 12.3 Å². The lowest BCUT2D eigenvalue weighted by atomic mass is 10.0. The summed E-state index contributed by atoms with van der Waals surface area (Å²) in [4.78, 5) is 13.7. The fourth-order valence-electron chi connectivity index (χ4n) is 1.64. The molecule has 0 heterocycles. The molecule has 0 saturated carbocycles. The van der Waals surface area contributed by atoms with Crippen LogP contribution in [0, 0.1) is 18.3 Å². The number of hydrogen-bond acceptors (Lipinski definition) is 2. The number of rotatable bonds is 7. The minimum atomic E-state index is 0.0482. The van der Waals surface area contributed by atoms with Crippen LogP contribution in [0.5, 0.6) is 0 Å². The van der Waals surface area contributed by atoms with Crippen LogP contribution in [-0.2, 0) is 4.79 Å². The zero-order valence-corrected chi connectivity index (χ0v) is 10.7. The van der Waals surface area contributed by atoms with Crippen LogP contribution in [0.25, 0.3) is 0 Å². The Labute approximate surface area is 99.4 Å². The number of hydrogen-bond donors (Lipinski definition) is 1. The molecule has 0 saturated heterocycles. The van der Waals surface area contributed by atoms with Crippen molar-refractivity contribution in [1.29, 1.82) is 0 Å². The third kappa shape index (κ3) is 5.77. The molecule has 92 valence electrons. The number of terminal acetylenes is 1. The van der Waals surface area contributed by atoms with Crippen LogP contribution in [0.1, 0.15) is 40.0 Å². The van der Waals surface area contributed by atoms with Gasteiger partial charge in [-0.2, -0.15) is 0 Å². The van der Waals surface area contributed by atoms with Crippen molar-refractivity contribution in [2.24, 2.45) is 11.7 Å². The van der Waals surface area contributed by atoms with Gasteiger partial charge in [-0.3, -0.25) is 4.79 Å². The molecule has 0 aromatic rings. The van der Waals surface area contributed by atoms with Gasteiger partial charge in [-0.25, -0.2) is 0 Å². The molecule has 0 aliphatic heterocycles. The molecular weight excluding hydrogens is 200 g/mol. The molecule has 1 amide bonds. The van der Waals surface area contributed by atoms with Crippen LogP contribution in [0.4, 0.5) is 0 Å². The highest BCUT2D eigenvalue weighted by atomic mass is 16.2. The summed E-state index contributed by atoms with van der Waals surface area (Å²) in [6, 6.07) is 0.218. The fraction of sp³-hybridized carbons (Fsp3) is 0.769. The summed E-state index contributed by atoms with van der Waals surface area (Å²) < 4.78 is 0. The van der Waals surface area contributed by atoms with Gasteiger partial charge < -0.3 is 10.6 Å². The Hall–Kier alpha value is -1.01. The molecule has 3 nitrogen and oxygen atoms in total. The maximum atomic E-state index is 11.9. The van der Waals surface area contributed by atoms with E-state index in [0.29, 0.717) is 13.1 Å². The molecule has 2 atom stereocenters. The third-order valence-corrected chi connectivity index (χ3v) is 2.69. The highest BCUT2D eigenvalue weighted by molar-refractivity contribution is 5.78. The maximum absolute atomic E-state index is 11.9. The van der Waals surface area contributed by atoms with Crippen LogP contribution in [-0.4, -0.2) is 29.9 Å². The Bertz CT molecular complexity index is 243. The molecule has 0 aliphatic rings. The van der Waals surface area contributed by atoms with Gasteiger partial charge in [0.1, 0.15) is 0 Å². The lowest BCUT2D eigenvalue weighted by Gasteiger charge is -2.22. The van der Waals surface area contributed by atoms with Crippen LogP contribution in [0.3, 0.4) is 0 Å². The Morgan fingerprint density at radius 2 is 2.06 bits per heavy atom. The van der Waals surface area contributed by atoms with E-state index in [0.717, 1.165) is 19.3 Å². The fourth-order valence-corrected chi connectivity index (χ4v) is 1.64. The summed E-state index contributed by atoms with van der Waals surface area (Å²) in [5.74, 6) is 2.72. The van der Waals surface area contributed by atoms with Crippen LogP contribution in [0.15, 0.2) is 0 Å². The molecule has 0 aromatic carbocycles. The summed E-state index contributed by atoms with van der Waals surface area (Å²) in [6.07, 6.45) is 8.08. The molecule has 16 heavy (non-hydrogen) atoms. The van der Waals surface area contributed by atoms with E-state index in [1.165, 1.54) is 0 Å². The van der Waals surface area contributed by atoms with E-state index >= 15 is 0 Å². The van der Waals surface area contributed by atoms with Crippen LogP contribution >= 0.6 is 0 Å². The first-order chi connectivity index (χ1) is 7.52. The Morgan fingerprint density at radius 3 is 2.50 bits per heavy atom. The van der Waals surface area contributed by atoms with Gasteiger partial charge >= 0.3 is 0 Å². The molecule has 2 unspecified atom stereocenters. The van der Waals surface area contributed by atoms with Gasteiger partial charge in [-0.1, -0.05) is 19.3 Å². The van der Waals surface area contributed by atoms with Crippen molar-refractivity contribution in [3.05, 3.63) is 0 Å². The number of carbonyl (C=O) groups is 1. The molecule has 0 rings (SSSR count). The van der Waals surface area contributed by atoms with Gasteiger partial charge in [0.2, 0.25) is 5.91 Å². The van der Waals surface area contributed by atoms with Crippen molar-refractivity contribution >= 4 is 5.91 Å². The molecule has 0 bridgehead atoms. The summed E-state index contributed by atoms with van der Waals surface area (Å²) >= 11 is 0. The third-order valence-electron chi connectivity index (χ3n) is 2.69. The predicted octanol–water partition coefficient (Wildman–Crippen LogP) is 1.62. The second-order valence-electron chi connectivity index (χ2n) is 4.37. The first kappa shape index (κ1) is 15.0. The SMILES string of the molecule is C#CCN(CC)C(=O)C(C)CCCC(C)N. The zero-order chi connectivity index (χ0) is 12.6. The van der Waals surface area contributed by atoms with Gasteiger partial charge in [0.15, 0.2) is 0 Å². The number of nitrogens with zero attached hydrogens (tertiary/aromatic N) is 1. The van der Waals surface area contributed by atoms with Crippen molar-refractivity contribution in [2.75, 3.05) is 13.1 Å². The zero-order valence-electron chi connectivity index (χ0n) is 10.7. The second-order valence-corrected chi connectivity index (χ2v) is 4.37. The van der Waals surface area contributed by atoms with Gasteiger partial charge in [0.25, 0.3) is 0 Å². The minimum absolute atomic E-state index is 0.0482. The van der Waals surface area contributed by atoms with Crippen molar-refractivity contribution in [1.82, 2.24) is 4.90 Å². The molecular formula is C13H24N2O. The quantitative estimate of drug-likeness (QED) is 0.668. The maximum Gasteiger partial charge on any atom is 0.226 e. The monoisotopic (exact) mass is 224 g/mol. The molecule has 0 spiro atoms. The van der Waals surface area contributed by atoms with Gasteiger partial charge in [0, 0.05) is 18.5 Å². The van der Waals surface area contributed by atoms with Gasteiger partial charge in [-0.15, -0.1) is 6.42 Å². The summed E-state index contributed by atoms with van der Waals surface area (Å²) in [5.41, 5.74) is 5.67. The predicted molar refractivity (Wildman–Crippen MR) is 67.8 cm³/mol. The highest BCUT2D eigenvalue weighted by Crippen LogP contribution is 2.12. The van der Waals surface area contributed by atoms with E-state index in [-0.39, 0.29) is 17.9 Å². The minimum Gasteiger partial charge on any atom is -0.332 e. The van der Waals surface area contributed by atoms with Crippen LogP contribution < -0.4 is 5.73 Å². The normalized spacial score (nSPS) is 13.9. The largest absolute Gasteiger partial charge is 0.332 e. The standard InChI is InChI=1S/C13H24N2O/c1-5-10-15(6-2)13(16)11(3)8-7-9-12(4)14/h1,11-12H,6-10,14H2,2-4H3.